The number of carboxylic acid groups (broad SMARTS) is 2. The molecule has 0 aromatic heterocycles. The third-order valence-electron chi connectivity index (χ3n) is 13.2. The highest BCUT2D eigenvalue weighted by Gasteiger charge is 2.37. The minimum absolute atomic E-state index is 0.0312. The smallest absolute Gasteiger partial charge is 0.303 e. The molecule has 1 aromatic rings. The highest BCUT2D eigenvalue weighted by atomic mass is 32.2. The van der Waals surface area contributed by atoms with Gasteiger partial charge in [0.15, 0.2) is 0 Å². The van der Waals surface area contributed by atoms with Crippen molar-refractivity contribution >= 4 is 94.6 Å². The standard InChI is InChI=1S/C54H88N14O18S/c1-28(46(78)62-36(18-21-41(73)74)48(80)64-38(23-26-87-5)50(82)61-33(45(58)77)15-9-11-24-55)59-53(85)43(29(2)69)68-52(84)39(27-32-13-7-6-8-14-32)66-49(81)37(19-22-42(75)76)63-47(79)35(17-20-40(57)72)65-54(86)44(30(3)70)67-51(83)34(60-31(4)71)16-10-12-25-56/h6-8,13-14,28-30,33-39,43-44,69-70H,9-12,15-27,55-56H2,1-5H3,(H2,57,72)(H2,58,77)(H,59,85)(H,60,71)(H,61,82)(H,62,78)(H,63,79)(H,64,80)(H,65,86)(H,66,81)(H,67,83)(H,68,84)(H,73,74)(H,75,76)/t28-,29+,30+,33-,34-,35-,36-,37-,38-,39-,43-,44-/m0/s1. The van der Waals surface area contributed by atoms with Gasteiger partial charge in [-0.3, -0.25) is 67.1 Å². The zero-order valence-corrected chi connectivity index (χ0v) is 50.4. The van der Waals surface area contributed by atoms with Gasteiger partial charge in [0.05, 0.1) is 12.2 Å². The fourth-order valence-corrected chi connectivity index (χ4v) is 8.78. The van der Waals surface area contributed by atoms with Crippen LogP contribution in [0, 0.1) is 0 Å². The second-order valence-corrected chi connectivity index (χ2v) is 21.6. The lowest BCUT2D eigenvalue weighted by atomic mass is 10.0. The molecule has 0 aliphatic heterocycles. The van der Waals surface area contributed by atoms with Crippen LogP contribution in [0.3, 0.4) is 0 Å². The van der Waals surface area contributed by atoms with Crippen molar-refractivity contribution < 1.29 is 87.5 Å². The number of carbonyl (C=O) groups is 14. The minimum atomic E-state index is -1.90. The first kappa shape index (κ1) is 77.0. The van der Waals surface area contributed by atoms with Crippen LogP contribution in [-0.4, -0.2) is 201 Å². The largest absolute Gasteiger partial charge is 0.481 e. The van der Waals surface area contributed by atoms with E-state index in [-0.39, 0.29) is 32.2 Å². The Morgan fingerprint density at radius 1 is 0.448 bits per heavy atom. The number of aliphatic carboxylic acids is 2. The Labute approximate surface area is 507 Å². The zero-order chi connectivity index (χ0) is 65.9. The maximum Gasteiger partial charge on any atom is 0.303 e. The van der Waals surface area contributed by atoms with Crippen LogP contribution < -0.4 is 76.1 Å². The number of unbranched alkanes of at least 4 members (excludes halogenated alkanes) is 2. The summed E-state index contributed by atoms with van der Waals surface area (Å²) in [7, 11) is 0. The fourth-order valence-electron chi connectivity index (χ4n) is 8.31. The molecule has 33 heteroatoms. The number of carbonyl (C=O) groups excluding carboxylic acids is 12. The Morgan fingerprint density at radius 3 is 1.23 bits per heavy atom. The molecule has 0 saturated carbocycles. The van der Waals surface area contributed by atoms with Crippen molar-refractivity contribution in [3.63, 3.8) is 0 Å². The first-order valence-corrected chi connectivity index (χ1v) is 29.7. The summed E-state index contributed by atoms with van der Waals surface area (Å²) in [6.07, 6.45) is -3.49. The van der Waals surface area contributed by atoms with Crippen molar-refractivity contribution in [2.75, 3.05) is 25.1 Å². The maximum absolute atomic E-state index is 14.3. The van der Waals surface area contributed by atoms with Gasteiger partial charge in [0.1, 0.15) is 60.4 Å². The summed E-state index contributed by atoms with van der Waals surface area (Å²) in [5.41, 5.74) is 22.4. The molecule has 488 valence electrons. The number of hydrogen-bond acceptors (Lipinski definition) is 19. The summed E-state index contributed by atoms with van der Waals surface area (Å²) in [5.74, 6) is -14.5. The van der Waals surface area contributed by atoms with Crippen molar-refractivity contribution in [2.45, 2.75) is 190 Å². The molecule has 0 spiro atoms. The summed E-state index contributed by atoms with van der Waals surface area (Å²) >= 11 is 1.32. The van der Waals surface area contributed by atoms with E-state index in [4.69, 9.17) is 22.9 Å². The van der Waals surface area contributed by atoms with E-state index in [2.05, 4.69) is 53.2 Å². The van der Waals surface area contributed by atoms with Crippen LogP contribution >= 0.6 is 11.8 Å². The quantitative estimate of drug-likeness (QED) is 0.0271. The molecule has 0 heterocycles. The SMILES string of the molecule is CSCC[C@H](NC(=O)[C@H](CCC(=O)O)NC(=O)[C@H](C)NC(=O)[C@@H](NC(=O)[C@H](Cc1ccccc1)NC(=O)[C@H](CCC(=O)O)NC(=O)[C@H](CCC(N)=O)NC(=O)[C@@H](NC(=O)[C@H](CCCCN)NC(C)=O)[C@@H](C)O)[C@@H](C)O)C(=O)N[C@@H](CCCCN)C(N)=O. The molecule has 87 heavy (non-hydrogen) atoms. The van der Waals surface area contributed by atoms with E-state index in [0.717, 1.165) is 27.7 Å². The van der Waals surface area contributed by atoms with Crippen molar-refractivity contribution in [3.8, 4) is 0 Å². The predicted octanol–water partition coefficient (Wildman–Crippen LogP) is -5.63. The van der Waals surface area contributed by atoms with E-state index in [9.17, 15) is 87.5 Å². The summed E-state index contributed by atoms with van der Waals surface area (Å²) in [6, 6.07) is -7.80. The van der Waals surface area contributed by atoms with E-state index in [1.165, 1.54) is 11.8 Å². The average molecular weight is 1250 g/mol. The van der Waals surface area contributed by atoms with Gasteiger partial charge in [-0.15, -0.1) is 0 Å². The Balaban J connectivity index is 3.54. The van der Waals surface area contributed by atoms with Gasteiger partial charge in [0.25, 0.3) is 0 Å². The molecule has 22 N–H and O–H groups in total. The van der Waals surface area contributed by atoms with Crippen LogP contribution in [0.25, 0.3) is 0 Å². The van der Waals surface area contributed by atoms with Crippen LogP contribution in [-0.2, 0) is 73.5 Å². The number of hydrogen-bond donors (Lipinski definition) is 18. The molecule has 12 atom stereocenters. The fraction of sp³-hybridized carbons (Fsp3) is 0.630. The number of rotatable bonds is 44. The Bertz CT molecular complexity index is 2490. The molecule has 0 radical (unpaired) electrons. The molecule has 0 saturated heterocycles. The molecular weight excluding hydrogens is 1160 g/mol. The molecule has 0 bridgehead atoms. The summed E-state index contributed by atoms with van der Waals surface area (Å²) in [5, 5.41) is 64.4. The number of thioether (sulfide) groups is 1. The molecule has 1 rings (SSSR count). The van der Waals surface area contributed by atoms with Crippen molar-refractivity contribution in [1.82, 2.24) is 53.2 Å². The van der Waals surface area contributed by atoms with Crippen molar-refractivity contribution in [2.24, 2.45) is 22.9 Å². The number of carboxylic acids is 2. The lowest BCUT2D eigenvalue weighted by Gasteiger charge is -2.29. The second kappa shape index (κ2) is 41.2. The minimum Gasteiger partial charge on any atom is -0.481 e. The zero-order valence-electron chi connectivity index (χ0n) is 49.6. The van der Waals surface area contributed by atoms with Crippen molar-refractivity contribution in [1.29, 1.82) is 0 Å². The molecular formula is C54H88N14O18S. The van der Waals surface area contributed by atoms with Crippen LogP contribution in [0.5, 0.6) is 0 Å². The van der Waals surface area contributed by atoms with Gasteiger partial charge in [0.2, 0.25) is 70.9 Å². The number of nitrogens with one attached hydrogen (secondary N) is 10. The number of nitrogens with two attached hydrogens (primary N) is 4. The highest BCUT2D eigenvalue weighted by Crippen LogP contribution is 2.12. The second-order valence-electron chi connectivity index (χ2n) is 20.6. The molecule has 0 unspecified atom stereocenters. The van der Waals surface area contributed by atoms with Gasteiger partial charge in [-0.25, -0.2) is 0 Å². The van der Waals surface area contributed by atoms with E-state index in [1.54, 1.807) is 36.6 Å². The molecule has 1 aromatic carbocycles. The molecule has 0 aliphatic carbocycles. The first-order valence-electron chi connectivity index (χ1n) is 28.3. The monoisotopic (exact) mass is 1250 g/mol. The highest BCUT2D eigenvalue weighted by molar-refractivity contribution is 7.98. The number of benzene rings is 1. The van der Waals surface area contributed by atoms with Gasteiger partial charge in [-0.1, -0.05) is 30.3 Å². The summed E-state index contributed by atoms with van der Waals surface area (Å²) < 4.78 is 0. The number of primary amides is 2. The van der Waals surface area contributed by atoms with Crippen LogP contribution in [0.15, 0.2) is 30.3 Å². The number of aliphatic hydroxyl groups excluding tert-OH is 2. The van der Waals surface area contributed by atoms with E-state index in [1.807, 2.05) is 0 Å². The Kier molecular flexibility index (Phi) is 36.4. The predicted molar refractivity (Wildman–Crippen MR) is 314 cm³/mol. The Morgan fingerprint density at radius 2 is 0.816 bits per heavy atom. The normalized spacial score (nSPS) is 15.1. The topological polar surface area (TPSA) is 544 Å². The number of aliphatic hydroxyl groups is 2. The van der Waals surface area contributed by atoms with E-state index >= 15 is 0 Å². The van der Waals surface area contributed by atoms with Gasteiger partial charge in [-0.2, -0.15) is 11.8 Å². The van der Waals surface area contributed by atoms with Crippen LogP contribution in [0.2, 0.25) is 0 Å². The maximum atomic E-state index is 14.3. The third kappa shape index (κ3) is 30.8. The molecule has 0 fully saturated rings. The first-order chi connectivity index (χ1) is 40.9. The lowest BCUT2D eigenvalue weighted by Crippen LogP contribution is -2.62. The summed E-state index contributed by atoms with van der Waals surface area (Å²) in [4.78, 5) is 184. The van der Waals surface area contributed by atoms with E-state index < -0.39 is 194 Å². The number of amides is 12. The average Bonchev–Trinajstić information content (AvgIpc) is 3.66. The molecule has 12 amide bonds. The van der Waals surface area contributed by atoms with Gasteiger partial charge >= 0.3 is 11.9 Å². The molecule has 32 nitrogen and oxygen atoms in total. The van der Waals surface area contributed by atoms with Gasteiger partial charge in [0, 0.05) is 32.6 Å². The van der Waals surface area contributed by atoms with E-state index in [0.29, 0.717) is 43.5 Å². The van der Waals surface area contributed by atoms with Crippen LogP contribution in [0.4, 0.5) is 0 Å². The Hall–Kier alpha value is -8.01. The summed E-state index contributed by atoms with van der Waals surface area (Å²) in [6.45, 7) is 5.14. The van der Waals surface area contributed by atoms with Gasteiger partial charge in [-0.05, 0) is 116 Å². The third-order valence-corrected chi connectivity index (χ3v) is 13.8. The molecule has 0 aliphatic rings. The van der Waals surface area contributed by atoms with Crippen molar-refractivity contribution in [3.05, 3.63) is 35.9 Å². The van der Waals surface area contributed by atoms with Crippen LogP contribution in [0.1, 0.15) is 117 Å². The lowest BCUT2D eigenvalue weighted by molar-refractivity contribution is -0.139. The van der Waals surface area contributed by atoms with Gasteiger partial charge < -0.3 is 96.5 Å².